The summed E-state index contributed by atoms with van der Waals surface area (Å²) in [6, 6.07) is 10.5. The maximum absolute atomic E-state index is 6.36. The average molecular weight is 345 g/mol. The van der Waals surface area contributed by atoms with E-state index in [0.717, 1.165) is 29.1 Å². The Hall–Kier alpha value is -0.510. The van der Waals surface area contributed by atoms with Crippen molar-refractivity contribution in [1.82, 2.24) is 0 Å². The molecule has 96 valence electrons. The third-order valence-electron chi connectivity index (χ3n) is 2.82. The highest BCUT2D eigenvalue weighted by Gasteiger charge is 2.10. The molecule has 0 saturated carbocycles. The van der Waals surface area contributed by atoms with Crippen molar-refractivity contribution >= 4 is 44.6 Å². The monoisotopic (exact) mass is 343 g/mol. The van der Waals surface area contributed by atoms with Crippen LogP contribution in [-0.2, 0) is 11.9 Å². The topological polar surface area (TPSA) is 3.24 Å². The molecular weight excluding hydrogens is 330 g/mol. The van der Waals surface area contributed by atoms with Gasteiger partial charge < -0.3 is 4.90 Å². The zero-order chi connectivity index (χ0) is 13.0. The number of rotatable bonds is 5. The van der Waals surface area contributed by atoms with Gasteiger partial charge in [0, 0.05) is 16.8 Å². The largest absolute Gasteiger partial charge is 0.365 e. The van der Waals surface area contributed by atoms with Crippen molar-refractivity contribution in [2.24, 2.45) is 0 Å². The van der Waals surface area contributed by atoms with Crippen molar-refractivity contribution in [3.05, 3.63) is 51.2 Å². The van der Waals surface area contributed by atoms with E-state index in [1.165, 1.54) is 10.4 Å². The van der Waals surface area contributed by atoms with Crippen LogP contribution in [0.2, 0.25) is 5.02 Å². The van der Waals surface area contributed by atoms with Crippen molar-refractivity contribution in [3.63, 3.8) is 0 Å². The highest BCUT2D eigenvalue weighted by Crippen LogP contribution is 2.29. The lowest BCUT2D eigenvalue weighted by Gasteiger charge is -2.24. The summed E-state index contributed by atoms with van der Waals surface area (Å²) in [6.07, 6.45) is 0. The molecule has 0 aliphatic carbocycles. The van der Waals surface area contributed by atoms with Crippen LogP contribution in [0.1, 0.15) is 17.4 Å². The minimum atomic E-state index is 0.824. The number of alkyl halides is 1. The second kappa shape index (κ2) is 6.60. The highest BCUT2D eigenvalue weighted by molar-refractivity contribution is 9.08. The molecular formula is C14H15BrClNS. The molecule has 0 saturated heterocycles. The molecule has 1 nitrogen and oxygen atoms in total. The van der Waals surface area contributed by atoms with Crippen molar-refractivity contribution in [1.29, 1.82) is 0 Å². The van der Waals surface area contributed by atoms with Gasteiger partial charge >= 0.3 is 0 Å². The molecule has 2 aromatic rings. The third kappa shape index (κ3) is 3.28. The molecule has 0 spiro atoms. The van der Waals surface area contributed by atoms with Crippen LogP contribution in [0.3, 0.4) is 0 Å². The van der Waals surface area contributed by atoms with E-state index in [4.69, 9.17) is 11.6 Å². The smallest absolute Gasteiger partial charge is 0.0642 e. The quantitative estimate of drug-likeness (QED) is 0.663. The molecule has 1 aromatic carbocycles. The Morgan fingerprint density at radius 3 is 2.72 bits per heavy atom. The zero-order valence-electron chi connectivity index (χ0n) is 10.2. The van der Waals surface area contributed by atoms with Crippen molar-refractivity contribution in [2.75, 3.05) is 11.4 Å². The number of thiophene rings is 1. The molecule has 0 radical (unpaired) electrons. The molecule has 1 heterocycles. The zero-order valence-corrected chi connectivity index (χ0v) is 13.4. The summed E-state index contributed by atoms with van der Waals surface area (Å²) in [7, 11) is 0. The van der Waals surface area contributed by atoms with E-state index < -0.39 is 0 Å². The maximum Gasteiger partial charge on any atom is 0.0642 e. The Labute approximate surface area is 126 Å². The fourth-order valence-electron chi connectivity index (χ4n) is 1.85. The predicted octanol–water partition coefficient (Wildman–Crippen LogP) is 5.32. The van der Waals surface area contributed by atoms with Gasteiger partial charge in [-0.2, -0.15) is 0 Å². The molecule has 0 amide bonds. The molecule has 1 aromatic heterocycles. The van der Waals surface area contributed by atoms with Gasteiger partial charge in [-0.1, -0.05) is 39.7 Å². The predicted molar refractivity (Wildman–Crippen MR) is 85.1 cm³/mol. The van der Waals surface area contributed by atoms with Crippen LogP contribution in [0.4, 0.5) is 5.69 Å². The van der Waals surface area contributed by atoms with E-state index in [0.29, 0.717) is 0 Å². The summed E-state index contributed by atoms with van der Waals surface area (Å²) in [5.74, 6) is 0. The Morgan fingerprint density at radius 1 is 1.33 bits per heavy atom. The molecule has 18 heavy (non-hydrogen) atoms. The van der Waals surface area contributed by atoms with Crippen LogP contribution in [-0.4, -0.2) is 6.54 Å². The maximum atomic E-state index is 6.36. The number of hydrogen-bond acceptors (Lipinski definition) is 2. The van der Waals surface area contributed by atoms with E-state index in [2.05, 4.69) is 57.4 Å². The van der Waals surface area contributed by atoms with E-state index >= 15 is 0 Å². The van der Waals surface area contributed by atoms with Gasteiger partial charge in [0.15, 0.2) is 0 Å². The first-order valence-corrected chi connectivity index (χ1v) is 8.24. The summed E-state index contributed by atoms with van der Waals surface area (Å²) < 4.78 is 0. The van der Waals surface area contributed by atoms with Crippen molar-refractivity contribution < 1.29 is 0 Å². The van der Waals surface area contributed by atoms with Crippen LogP contribution in [0, 0.1) is 0 Å². The van der Waals surface area contributed by atoms with E-state index in [-0.39, 0.29) is 0 Å². The molecule has 0 aliphatic rings. The van der Waals surface area contributed by atoms with E-state index in [1.54, 1.807) is 11.3 Å². The lowest BCUT2D eigenvalue weighted by Crippen LogP contribution is -2.21. The number of benzene rings is 1. The van der Waals surface area contributed by atoms with E-state index in [9.17, 15) is 0 Å². The Balaban J connectivity index is 2.22. The van der Waals surface area contributed by atoms with Crippen molar-refractivity contribution in [2.45, 2.75) is 18.8 Å². The van der Waals surface area contributed by atoms with Crippen LogP contribution in [0.25, 0.3) is 0 Å². The highest BCUT2D eigenvalue weighted by atomic mass is 79.9. The first kappa shape index (κ1) is 13.9. The van der Waals surface area contributed by atoms with Crippen molar-refractivity contribution in [3.8, 4) is 0 Å². The lowest BCUT2D eigenvalue weighted by atomic mass is 10.2. The van der Waals surface area contributed by atoms with Crippen LogP contribution >= 0.6 is 38.9 Å². The summed E-state index contributed by atoms with van der Waals surface area (Å²) >= 11 is 11.6. The fourth-order valence-corrected chi connectivity index (χ4v) is 3.24. The second-order valence-electron chi connectivity index (χ2n) is 4.01. The fraction of sp³-hybridized carbons (Fsp3) is 0.286. The average Bonchev–Trinajstić information content (AvgIpc) is 2.89. The Morgan fingerprint density at radius 2 is 2.17 bits per heavy atom. The minimum absolute atomic E-state index is 0.824. The van der Waals surface area contributed by atoms with Gasteiger partial charge in [-0.25, -0.2) is 0 Å². The molecule has 2 rings (SSSR count). The Kier molecular flexibility index (Phi) is 5.10. The first-order valence-electron chi connectivity index (χ1n) is 5.86. The lowest BCUT2D eigenvalue weighted by molar-refractivity contribution is 0.842. The molecule has 4 heteroatoms. The summed E-state index contributed by atoms with van der Waals surface area (Å²) in [4.78, 5) is 3.66. The molecule has 0 fully saturated rings. The first-order chi connectivity index (χ1) is 8.74. The molecule has 0 bridgehead atoms. The molecule has 0 atom stereocenters. The van der Waals surface area contributed by atoms with Gasteiger partial charge in [0.1, 0.15) is 0 Å². The molecule has 0 N–H and O–H groups in total. The van der Waals surface area contributed by atoms with Crippen LogP contribution < -0.4 is 4.90 Å². The van der Waals surface area contributed by atoms with Gasteiger partial charge in [0.05, 0.1) is 17.3 Å². The molecule has 0 aliphatic heterocycles. The normalized spacial score (nSPS) is 10.6. The second-order valence-corrected chi connectivity index (χ2v) is 6.01. The Bertz CT molecular complexity index is 499. The van der Waals surface area contributed by atoms with Gasteiger partial charge in [-0.15, -0.1) is 11.3 Å². The standard InChI is InChI=1S/C14H15BrClNS/c1-2-17(10-12-4-3-7-18-12)14-6-5-11(9-15)8-13(14)16/h3-8H,2,9-10H2,1H3. The number of hydrogen-bond donors (Lipinski definition) is 0. The van der Waals surface area contributed by atoms with Crippen LogP contribution in [0.15, 0.2) is 35.7 Å². The third-order valence-corrected chi connectivity index (χ3v) is 4.63. The SMILES string of the molecule is CCN(Cc1cccs1)c1ccc(CBr)cc1Cl. The summed E-state index contributed by atoms with van der Waals surface area (Å²) in [5, 5.41) is 3.77. The van der Waals surface area contributed by atoms with Gasteiger partial charge in [-0.05, 0) is 36.1 Å². The minimum Gasteiger partial charge on any atom is -0.365 e. The van der Waals surface area contributed by atoms with Crippen LogP contribution in [0.5, 0.6) is 0 Å². The number of halogens is 2. The molecule has 0 unspecified atom stereocenters. The number of anilines is 1. The van der Waals surface area contributed by atoms with Gasteiger partial charge in [0.25, 0.3) is 0 Å². The summed E-state index contributed by atoms with van der Waals surface area (Å²) in [5.41, 5.74) is 2.31. The van der Waals surface area contributed by atoms with Gasteiger partial charge in [-0.3, -0.25) is 0 Å². The summed E-state index contributed by atoms with van der Waals surface area (Å²) in [6.45, 7) is 4.02. The number of nitrogens with zero attached hydrogens (tertiary/aromatic N) is 1. The van der Waals surface area contributed by atoms with E-state index in [1.807, 2.05) is 6.07 Å². The van der Waals surface area contributed by atoms with Gasteiger partial charge in [0.2, 0.25) is 0 Å².